The summed E-state index contributed by atoms with van der Waals surface area (Å²) in [5.41, 5.74) is 5.47. The van der Waals surface area contributed by atoms with Gasteiger partial charge >= 0.3 is 0 Å². The van der Waals surface area contributed by atoms with Crippen molar-refractivity contribution in [3.05, 3.63) is 41.0 Å². The van der Waals surface area contributed by atoms with Crippen molar-refractivity contribution in [1.82, 2.24) is 5.32 Å². The Hall–Kier alpha value is -1.77. The lowest BCUT2D eigenvalue weighted by atomic mass is 9.97. The molecule has 0 saturated heterocycles. The Bertz CT molecular complexity index is 591. The fraction of sp³-hybridized carbons (Fsp3) is 0.550. The van der Waals surface area contributed by atoms with Crippen molar-refractivity contribution in [1.29, 1.82) is 0 Å². The number of amides is 1. The number of allylic oxidation sites excluding steroid dienone is 1. The van der Waals surface area contributed by atoms with E-state index in [-0.39, 0.29) is 11.9 Å². The van der Waals surface area contributed by atoms with Crippen molar-refractivity contribution in [2.75, 3.05) is 11.9 Å². The first-order valence-corrected chi connectivity index (χ1v) is 9.06. The molecule has 1 aromatic carbocycles. The van der Waals surface area contributed by atoms with E-state index in [9.17, 15) is 4.79 Å². The van der Waals surface area contributed by atoms with Crippen molar-refractivity contribution < 1.29 is 4.79 Å². The Balaban J connectivity index is 1.45. The van der Waals surface area contributed by atoms with E-state index < -0.39 is 0 Å². The summed E-state index contributed by atoms with van der Waals surface area (Å²) < 4.78 is 0. The number of anilines is 1. The average molecular weight is 312 g/mol. The highest BCUT2D eigenvalue weighted by atomic mass is 16.2. The number of carbonyl (C=O) groups excluding carboxylic acids is 1. The first kappa shape index (κ1) is 16.1. The molecule has 0 bridgehead atoms. The summed E-state index contributed by atoms with van der Waals surface area (Å²) in [4.78, 5) is 12.2. The number of hydrogen-bond donors (Lipinski definition) is 2. The summed E-state index contributed by atoms with van der Waals surface area (Å²) in [5, 5.41) is 6.39. The number of fused-ring (bicyclic) bond motifs is 1. The van der Waals surface area contributed by atoms with E-state index in [4.69, 9.17) is 0 Å². The van der Waals surface area contributed by atoms with Crippen LogP contribution in [0.15, 0.2) is 29.8 Å². The van der Waals surface area contributed by atoms with E-state index in [1.807, 2.05) is 6.92 Å². The minimum Gasteiger partial charge on any atom is -0.374 e. The van der Waals surface area contributed by atoms with Gasteiger partial charge in [0.05, 0.1) is 0 Å². The molecule has 2 aliphatic rings. The second kappa shape index (κ2) is 7.67. The van der Waals surface area contributed by atoms with Gasteiger partial charge in [0.15, 0.2) is 0 Å². The van der Waals surface area contributed by atoms with Crippen LogP contribution in [-0.4, -0.2) is 18.5 Å². The molecule has 3 rings (SSSR count). The van der Waals surface area contributed by atoms with Gasteiger partial charge < -0.3 is 10.6 Å². The van der Waals surface area contributed by atoms with Crippen LogP contribution >= 0.6 is 0 Å². The van der Waals surface area contributed by atoms with Gasteiger partial charge in [-0.2, -0.15) is 0 Å². The zero-order valence-electron chi connectivity index (χ0n) is 14.2. The second-order valence-corrected chi connectivity index (χ2v) is 6.85. The molecule has 0 aliphatic heterocycles. The molecule has 0 heterocycles. The first-order chi connectivity index (χ1) is 11.2. The molecule has 0 unspecified atom stereocenters. The van der Waals surface area contributed by atoms with E-state index in [2.05, 4.69) is 34.9 Å². The molecule has 1 amide bonds. The minimum absolute atomic E-state index is 0.0851. The zero-order chi connectivity index (χ0) is 16.1. The normalized spacial score (nSPS) is 18.0. The molecule has 3 heteroatoms. The monoisotopic (exact) mass is 312 g/mol. The molecular formula is C20H28N2O. The molecule has 0 fully saturated rings. The summed E-state index contributed by atoms with van der Waals surface area (Å²) in [6.45, 7) is 2.68. The predicted octanol–water partition coefficient (Wildman–Crippen LogP) is 3.98. The molecule has 2 aliphatic carbocycles. The lowest BCUT2D eigenvalue weighted by molar-refractivity contribution is -0.121. The van der Waals surface area contributed by atoms with Gasteiger partial charge in [-0.3, -0.25) is 4.79 Å². The Morgan fingerprint density at radius 1 is 1.13 bits per heavy atom. The molecule has 1 aromatic rings. The van der Waals surface area contributed by atoms with Crippen LogP contribution < -0.4 is 10.6 Å². The zero-order valence-corrected chi connectivity index (χ0v) is 14.2. The van der Waals surface area contributed by atoms with Crippen molar-refractivity contribution >= 4 is 11.6 Å². The summed E-state index contributed by atoms with van der Waals surface area (Å²) in [5.74, 6) is 0.0851. The average Bonchev–Trinajstić information content (AvgIpc) is 3.03. The fourth-order valence-corrected chi connectivity index (χ4v) is 3.61. The number of benzene rings is 1. The summed E-state index contributed by atoms with van der Waals surface area (Å²) in [6, 6.07) is 6.31. The van der Waals surface area contributed by atoms with Crippen LogP contribution in [0, 0.1) is 0 Å². The fourth-order valence-electron chi connectivity index (χ4n) is 3.61. The van der Waals surface area contributed by atoms with Crippen LogP contribution in [0.5, 0.6) is 0 Å². The lowest BCUT2D eigenvalue weighted by Crippen LogP contribution is -2.38. The standard InChI is InChI=1S/C20H28N2O/c1-15(20(23)21-13-12-16-6-3-2-4-7-16)22-19-11-10-17-8-5-9-18(17)14-19/h6,10-11,14-15,22H,2-5,7-9,12-13H2,1H3,(H,21,23)/t15-/m1/s1. The van der Waals surface area contributed by atoms with E-state index in [1.165, 1.54) is 61.6 Å². The van der Waals surface area contributed by atoms with E-state index >= 15 is 0 Å². The van der Waals surface area contributed by atoms with Gasteiger partial charge in [-0.25, -0.2) is 0 Å². The summed E-state index contributed by atoms with van der Waals surface area (Å²) >= 11 is 0. The third-order valence-electron chi connectivity index (χ3n) is 5.01. The summed E-state index contributed by atoms with van der Waals surface area (Å²) in [7, 11) is 0. The summed E-state index contributed by atoms with van der Waals surface area (Å²) in [6.07, 6.45) is 12.0. The molecule has 0 saturated carbocycles. The molecule has 3 nitrogen and oxygen atoms in total. The number of hydrogen-bond acceptors (Lipinski definition) is 2. The van der Waals surface area contributed by atoms with Gasteiger partial charge in [0, 0.05) is 12.2 Å². The lowest BCUT2D eigenvalue weighted by Gasteiger charge is -2.17. The van der Waals surface area contributed by atoms with Gasteiger partial charge in [0.1, 0.15) is 6.04 Å². The minimum atomic E-state index is -0.199. The molecular weight excluding hydrogens is 284 g/mol. The molecule has 1 atom stereocenters. The third-order valence-corrected chi connectivity index (χ3v) is 5.01. The van der Waals surface area contributed by atoms with Crippen LogP contribution in [0.1, 0.15) is 56.6 Å². The highest BCUT2D eigenvalue weighted by Gasteiger charge is 2.15. The number of aryl methyl sites for hydroxylation is 2. The van der Waals surface area contributed by atoms with Gasteiger partial charge in [-0.1, -0.05) is 17.7 Å². The maximum Gasteiger partial charge on any atom is 0.242 e. The SMILES string of the molecule is C[C@@H](Nc1ccc2c(c1)CCC2)C(=O)NCCC1=CCCCC1. The van der Waals surface area contributed by atoms with Crippen LogP contribution in [0.25, 0.3) is 0 Å². The topological polar surface area (TPSA) is 41.1 Å². The van der Waals surface area contributed by atoms with Gasteiger partial charge in [-0.15, -0.1) is 0 Å². The van der Waals surface area contributed by atoms with Crippen LogP contribution in [0.4, 0.5) is 5.69 Å². The quantitative estimate of drug-likeness (QED) is 0.780. The Morgan fingerprint density at radius 3 is 2.83 bits per heavy atom. The second-order valence-electron chi connectivity index (χ2n) is 6.85. The molecule has 2 N–H and O–H groups in total. The van der Waals surface area contributed by atoms with E-state index in [0.29, 0.717) is 0 Å². The maximum atomic E-state index is 12.2. The predicted molar refractivity (Wildman–Crippen MR) is 95.7 cm³/mol. The molecule has 0 spiro atoms. The van der Waals surface area contributed by atoms with Crippen molar-refractivity contribution in [3.63, 3.8) is 0 Å². The van der Waals surface area contributed by atoms with Crippen LogP contribution in [0.3, 0.4) is 0 Å². The van der Waals surface area contributed by atoms with Crippen molar-refractivity contribution in [3.8, 4) is 0 Å². The Labute approximate surface area is 139 Å². The third kappa shape index (κ3) is 4.37. The number of carbonyl (C=O) groups is 1. The van der Waals surface area contributed by atoms with Crippen molar-refractivity contribution in [2.24, 2.45) is 0 Å². The molecule has 0 radical (unpaired) electrons. The van der Waals surface area contributed by atoms with Crippen molar-refractivity contribution in [2.45, 2.75) is 64.3 Å². The Morgan fingerprint density at radius 2 is 2.00 bits per heavy atom. The highest BCUT2D eigenvalue weighted by molar-refractivity contribution is 5.84. The molecule has 124 valence electrons. The van der Waals surface area contributed by atoms with Gasteiger partial charge in [0.25, 0.3) is 0 Å². The van der Waals surface area contributed by atoms with E-state index in [0.717, 1.165) is 18.7 Å². The number of nitrogens with one attached hydrogen (secondary N) is 2. The molecule has 23 heavy (non-hydrogen) atoms. The van der Waals surface area contributed by atoms with Crippen LogP contribution in [-0.2, 0) is 17.6 Å². The molecule has 0 aromatic heterocycles. The Kier molecular flexibility index (Phi) is 5.37. The number of rotatable bonds is 6. The van der Waals surface area contributed by atoms with Crippen LogP contribution in [0.2, 0.25) is 0 Å². The highest BCUT2D eigenvalue weighted by Crippen LogP contribution is 2.25. The van der Waals surface area contributed by atoms with Gasteiger partial charge in [-0.05, 0) is 81.5 Å². The first-order valence-electron chi connectivity index (χ1n) is 9.06. The van der Waals surface area contributed by atoms with Gasteiger partial charge in [0.2, 0.25) is 5.91 Å². The largest absolute Gasteiger partial charge is 0.374 e. The van der Waals surface area contributed by atoms with E-state index in [1.54, 1.807) is 0 Å². The maximum absolute atomic E-state index is 12.2. The smallest absolute Gasteiger partial charge is 0.242 e.